The molecular weight excluding hydrogens is 438 g/mol. The molecule has 1 atom stereocenters. The van der Waals surface area contributed by atoms with E-state index in [2.05, 4.69) is 10.4 Å². The number of hydrogen-bond acceptors (Lipinski definition) is 4. The average Bonchev–Trinajstić information content (AvgIpc) is 3.23. The van der Waals surface area contributed by atoms with Gasteiger partial charge in [0.25, 0.3) is 5.56 Å². The van der Waals surface area contributed by atoms with E-state index >= 15 is 0 Å². The van der Waals surface area contributed by atoms with Crippen molar-refractivity contribution in [3.63, 3.8) is 0 Å². The Morgan fingerprint density at radius 2 is 1.66 bits per heavy atom. The highest BCUT2D eigenvalue weighted by Gasteiger charge is 2.38. The van der Waals surface area contributed by atoms with Crippen molar-refractivity contribution >= 4 is 11.6 Å². The number of anilines is 1. The number of nitrogens with one attached hydrogen (secondary N) is 2. The fourth-order valence-corrected chi connectivity index (χ4v) is 5.05. The maximum absolute atomic E-state index is 13.7. The van der Waals surface area contributed by atoms with Crippen LogP contribution in [0.25, 0.3) is 5.69 Å². The van der Waals surface area contributed by atoms with Crippen LogP contribution in [-0.4, -0.2) is 15.6 Å². The van der Waals surface area contributed by atoms with Crippen LogP contribution >= 0.6 is 0 Å². The van der Waals surface area contributed by atoms with E-state index in [0.717, 1.165) is 35.4 Å². The van der Waals surface area contributed by atoms with E-state index in [1.807, 2.05) is 84.9 Å². The predicted octanol–water partition coefficient (Wildman–Crippen LogP) is 5.31. The Balaban J connectivity index is 1.44. The van der Waals surface area contributed by atoms with Gasteiger partial charge in [0.15, 0.2) is 5.78 Å². The number of hydrogen-bond donors (Lipinski definition) is 2. The van der Waals surface area contributed by atoms with Crippen LogP contribution in [0, 0.1) is 0 Å². The molecule has 35 heavy (non-hydrogen) atoms. The van der Waals surface area contributed by atoms with Gasteiger partial charge in [-0.2, -0.15) is 0 Å². The number of ketones is 1. The number of H-pyrrole nitrogens is 1. The van der Waals surface area contributed by atoms with Crippen LogP contribution in [-0.2, 0) is 11.4 Å². The van der Waals surface area contributed by atoms with Crippen LogP contribution < -0.4 is 15.6 Å². The predicted molar refractivity (Wildman–Crippen MR) is 135 cm³/mol. The zero-order chi connectivity index (χ0) is 23.8. The first kappa shape index (κ1) is 21.2. The molecular formula is C29H25N3O3. The van der Waals surface area contributed by atoms with Crippen molar-refractivity contribution in [3.8, 4) is 11.4 Å². The summed E-state index contributed by atoms with van der Waals surface area (Å²) in [4.78, 5) is 26.9. The number of para-hydroxylation sites is 1. The molecule has 6 rings (SSSR count). The molecule has 174 valence electrons. The number of carbonyl (C=O) groups is 1. The molecule has 0 saturated heterocycles. The van der Waals surface area contributed by atoms with Gasteiger partial charge in [-0.1, -0.05) is 60.7 Å². The molecule has 0 bridgehead atoms. The Bertz CT molecular complexity index is 1480. The van der Waals surface area contributed by atoms with Gasteiger partial charge in [0.05, 0.1) is 11.3 Å². The zero-order valence-corrected chi connectivity index (χ0v) is 19.2. The lowest BCUT2D eigenvalue weighted by Crippen LogP contribution is -2.29. The number of aromatic nitrogens is 2. The Kier molecular flexibility index (Phi) is 5.34. The van der Waals surface area contributed by atoms with Crippen molar-refractivity contribution in [2.24, 2.45) is 0 Å². The molecule has 6 heteroatoms. The number of nitrogens with zero attached hydrogens (tertiary/aromatic N) is 1. The smallest absolute Gasteiger partial charge is 0.277 e. The lowest BCUT2D eigenvalue weighted by molar-refractivity contribution is -0.116. The van der Waals surface area contributed by atoms with Gasteiger partial charge < -0.3 is 10.1 Å². The Hall–Kier alpha value is -4.32. The van der Waals surface area contributed by atoms with E-state index < -0.39 is 5.92 Å². The molecule has 0 fully saturated rings. The summed E-state index contributed by atoms with van der Waals surface area (Å²) in [5.41, 5.74) is 4.68. The average molecular weight is 464 g/mol. The lowest BCUT2D eigenvalue weighted by Gasteiger charge is -2.31. The molecule has 1 aliphatic carbocycles. The molecule has 0 amide bonds. The Labute approximate surface area is 202 Å². The standard InChI is InChI=1S/C29H25N3O3/c33-24-16-8-15-23-26(24)25(20-11-7-14-22(17-20)35-18-19-9-3-1-4-10-19)27-28(30-23)31-32(29(27)34)21-12-5-2-6-13-21/h1-7,9-14,17,25,30-31H,8,15-16,18H2. The molecule has 4 aromatic rings. The van der Waals surface area contributed by atoms with Gasteiger partial charge in [0, 0.05) is 23.6 Å². The zero-order valence-electron chi connectivity index (χ0n) is 19.2. The van der Waals surface area contributed by atoms with E-state index in [9.17, 15) is 9.59 Å². The monoisotopic (exact) mass is 463 g/mol. The Morgan fingerprint density at radius 3 is 2.46 bits per heavy atom. The third-order valence-corrected chi connectivity index (χ3v) is 6.69. The Morgan fingerprint density at radius 1 is 0.886 bits per heavy atom. The van der Waals surface area contributed by atoms with Gasteiger partial charge in [0.1, 0.15) is 18.2 Å². The first-order valence-corrected chi connectivity index (χ1v) is 11.9. The van der Waals surface area contributed by atoms with Gasteiger partial charge in [-0.25, -0.2) is 4.68 Å². The number of carbonyl (C=O) groups excluding carboxylic acids is 1. The minimum atomic E-state index is -0.456. The summed E-state index contributed by atoms with van der Waals surface area (Å²) in [6, 6.07) is 27.2. The second-order valence-electron chi connectivity index (χ2n) is 8.95. The van der Waals surface area contributed by atoms with Crippen LogP contribution in [0.15, 0.2) is 101 Å². The second kappa shape index (κ2) is 8.80. The number of aromatic amines is 1. The normalized spacial score (nSPS) is 16.9. The van der Waals surface area contributed by atoms with Gasteiger partial charge in [0.2, 0.25) is 0 Å². The highest BCUT2D eigenvalue weighted by molar-refractivity contribution is 6.00. The van der Waals surface area contributed by atoms with Gasteiger partial charge in [-0.05, 0) is 48.2 Å². The summed E-state index contributed by atoms with van der Waals surface area (Å²) >= 11 is 0. The minimum Gasteiger partial charge on any atom is -0.489 e. The molecule has 1 unspecified atom stereocenters. The SMILES string of the molecule is O=C1CCCC2=C1C(c1cccc(OCc3ccccc3)c1)c1c([nH]n(-c3ccccc3)c1=O)N2. The molecule has 3 aromatic carbocycles. The molecule has 0 saturated carbocycles. The molecule has 2 N–H and O–H groups in total. The minimum absolute atomic E-state index is 0.0943. The van der Waals surface area contributed by atoms with E-state index in [1.54, 1.807) is 4.68 Å². The fourth-order valence-electron chi connectivity index (χ4n) is 5.05. The van der Waals surface area contributed by atoms with Crippen LogP contribution in [0.3, 0.4) is 0 Å². The maximum atomic E-state index is 13.7. The van der Waals surface area contributed by atoms with Gasteiger partial charge in [-0.3, -0.25) is 14.7 Å². The first-order valence-electron chi connectivity index (χ1n) is 11.9. The third kappa shape index (κ3) is 3.87. The number of ether oxygens (including phenoxy) is 1. The van der Waals surface area contributed by atoms with Crippen molar-refractivity contribution in [2.45, 2.75) is 31.8 Å². The molecule has 0 spiro atoms. The van der Waals surface area contributed by atoms with Gasteiger partial charge in [-0.15, -0.1) is 0 Å². The fraction of sp³-hybridized carbons (Fsp3) is 0.172. The summed E-state index contributed by atoms with van der Waals surface area (Å²) in [5, 5.41) is 6.62. The first-order chi connectivity index (χ1) is 17.2. The molecule has 6 nitrogen and oxygen atoms in total. The van der Waals surface area contributed by atoms with Crippen LogP contribution in [0.4, 0.5) is 5.82 Å². The number of allylic oxidation sites excluding steroid dienone is 2. The lowest BCUT2D eigenvalue weighted by atomic mass is 9.77. The van der Waals surface area contributed by atoms with E-state index in [4.69, 9.17) is 4.74 Å². The highest BCUT2D eigenvalue weighted by atomic mass is 16.5. The third-order valence-electron chi connectivity index (χ3n) is 6.69. The van der Waals surface area contributed by atoms with Crippen LogP contribution in [0.1, 0.15) is 41.9 Å². The van der Waals surface area contributed by atoms with Gasteiger partial charge >= 0.3 is 0 Å². The van der Waals surface area contributed by atoms with Crippen molar-refractivity contribution in [1.82, 2.24) is 9.78 Å². The van der Waals surface area contributed by atoms with Crippen LogP contribution in [0.5, 0.6) is 5.75 Å². The quantitative estimate of drug-likeness (QED) is 0.421. The van der Waals surface area contributed by atoms with Crippen molar-refractivity contribution in [3.05, 3.63) is 123 Å². The summed E-state index contributed by atoms with van der Waals surface area (Å²) in [5.74, 6) is 0.989. The molecule has 1 aromatic heterocycles. The summed E-state index contributed by atoms with van der Waals surface area (Å²) in [6.45, 7) is 0.444. The molecule has 2 aliphatic rings. The number of Topliss-reactive ketones (excluding diaryl/α,β-unsaturated/α-hetero) is 1. The topological polar surface area (TPSA) is 76.1 Å². The van der Waals surface area contributed by atoms with Crippen molar-refractivity contribution in [2.75, 3.05) is 5.32 Å². The van der Waals surface area contributed by atoms with Crippen LogP contribution in [0.2, 0.25) is 0 Å². The van der Waals surface area contributed by atoms with E-state index in [0.29, 0.717) is 35.7 Å². The largest absolute Gasteiger partial charge is 0.489 e. The highest BCUT2D eigenvalue weighted by Crippen LogP contribution is 2.44. The molecule has 1 aliphatic heterocycles. The number of benzene rings is 3. The number of rotatable bonds is 5. The second-order valence-corrected chi connectivity index (χ2v) is 8.95. The van der Waals surface area contributed by atoms with E-state index in [1.165, 1.54) is 0 Å². The summed E-state index contributed by atoms with van der Waals surface area (Å²) in [6.07, 6.45) is 2.07. The van der Waals surface area contributed by atoms with Crippen molar-refractivity contribution in [1.29, 1.82) is 0 Å². The maximum Gasteiger partial charge on any atom is 0.277 e. The number of fused-ring (bicyclic) bond motifs is 1. The summed E-state index contributed by atoms with van der Waals surface area (Å²) < 4.78 is 7.62. The van der Waals surface area contributed by atoms with E-state index in [-0.39, 0.29) is 11.3 Å². The molecule has 2 heterocycles. The molecule has 0 radical (unpaired) electrons. The summed E-state index contributed by atoms with van der Waals surface area (Å²) in [7, 11) is 0. The van der Waals surface area contributed by atoms with Crippen molar-refractivity contribution < 1.29 is 9.53 Å².